The van der Waals surface area contributed by atoms with Crippen LogP contribution in [0.5, 0.6) is 0 Å². The Morgan fingerprint density at radius 1 is 1.36 bits per heavy atom. The highest BCUT2D eigenvalue weighted by molar-refractivity contribution is 6.58. The zero-order valence-electron chi connectivity index (χ0n) is 7.90. The lowest BCUT2D eigenvalue weighted by Crippen LogP contribution is -2.29. The SMILES string of the molecule is CC(=O)NCc1ccc(B(O)O)cc1. The lowest BCUT2D eigenvalue weighted by Gasteiger charge is -2.03. The van der Waals surface area contributed by atoms with Crippen LogP contribution in [0, 0.1) is 0 Å². The average Bonchev–Trinajstić information content (AvgIpc) is 2.15. The molecule has 4 nitrogen and oxygen atoms in total. The van der Waals surface area contributed by atoms with Gasteiger partial charge in [0.25, 0.3) is 0 Å². The molecule has 0 saturated carbocycles. The molecule has 0 aliphatic rings. The fourth-order valence-corrected chi connectivity index (χ4v) is 1.03. The third kappa shape index (κ3) is 3.20. The maximum atomic E-state index is 10.6. The van der Waals surface area contributed by atoms with Gasteiger partial charge >= 0.3 is 7.12 Å². The van der Waals surface area contributed by atoms with Crippen molar-refractivity contribution in [2.75, 3.05) is 0 Å². The molecular formula is C9H12BNO3. The molecule has 1 rings (SSSR count). The van der Waals surface area contributed by atoms with Crippen LogP contribution in [-0.2, 0) is 11.3 Å². The van der Waals surface area contributed by atoms with E-state index in [9.17, 15) is 4.79 Å². The second kappa shape index (κ2) is 4.78. The second-order valence-corrected chi connectivity index (χ2v) is 3.02. The van der Waals surface area contributed by atoms with Crippen LogP contribution in [0.1, 0.15) is 12.5 Å². The summed E-state index contributed by atoms with van der Waals surface area (Å²) in [6.07, 6.45) is 0. The van der Waals surface area contributed by atoms with Gasteiger partial charge in [0.15, 0.2) is 0 Å². The van der Waals surface area contributed by atoms with Gasteiger partial charge in [-0.1, -0.05) is 24.3 Å². The standard InChI is InChI=1S/C9H12BNO3/c1-7(12)11-6-8-2-4-9(5-3-8)10(13)14/h2-5,13-14H,6H2,1H3,(H,11,12). The minimum atomic E-state index is -1.44. The Labute approximate surface area is 82.7 Å². The average molecular weight is 193 g/mol. The molecule has 0 aromatic heterocycles. The van der Waals surface area contributed by atoms with Crippen molar-refractivity contribution in [2.24, 2.45) is 0 Å². The first-order valence-corrected chi connectivity index (χ1v) is 4.29. The zero-order chi connectivity index (χ0) is 10.6. The van der Waals surface area contributed by atoms with E-state index in [1.807, 2.05) is 0 Å². The first-order chi connectivity index (χ1) is 6.59. The Kier molecular flexibility index (Phi) is 3.68. The topological polar surface area (TPSA) is 69.6 Å². The summed E-state index contributed by atoms with van der Waals surface area (Å²) in [5.74, 6) is -0.0868. The quantitative estimate of drug-likeness (QED) is 0.539. The summed E-state index contributed by atoms with van der Waals surface area (Å²) < 4.78 is 0. The fraction of sp³-hybridized carbons (Fsp3) is 0.222. The fourth-order valence-electron chi connectivity index (χ4n) is 1.03. The third-order valence-corrected chi connectivity index (χ3v) is 1.82. The number of carbonyl (C=O) groups is 1. The first-order valence-electron chi connectivity index (χ1n) is 4.29. The molecule has 0 spiro atoms. The number of amides is 1. The van der Waals surface area contributed by atoms with Crippen LogP contribution >= 0.6 is 0 Å². The van der Waals surface area contributed by atoms with Gasteiger partial charge in [-0.3, -0.25) is 4.79 Å². The minimum Gasteiger partial charge on any atom is -0.423 e. The predicted octanol–water partition coefficient (Wildman–Crippen LogP) is -0.998. The highest BCUT2D eigenvalue weighted by Crippen LogP contribution is 1.96. The van der Waals surface area contributed by atoms with Crippen LogP contribution in [0.25, 0.3) is 0 Å². The molecule has 5 heteroatoms. The largest absolute Gasteiger partial charge is 0.488 e. The summed E-state index contributed by atoms with van der Waals surface area (Å²) in [5, 5.41) is 20.3. The van der Waals surface area contributed by atoms with Crippen molar-refractivity contribution in [3.8, 4) is 0 Å². The predicted molar refractivity (Wildman–Crippen MR) is 53.8 cm³/mol. The molecule has 0 radical (unpaired) electrons. The summed E-state index contributed by atoms with van der Waals surface area (Å²) in [4.78, 5) is 10.6. The maximum Gasteiger partial charge on any atom is 0.488 e. The van der Waals surface area contributed by atoms with Gasteiger partial charge in [-0.2, -0.15) is 0 Å². The lowest BCUT2D eigenvalue weighted by molar-refractivity contribution is -0.119. The molecule has 0 fully saturated rings. The summed E-state index contributed by atoms with van der Waals surface area (Å²) in [7, 11) is -1.44. The number of hydrogen-bond acceptors (Lipinski definition) is 3. The number of nitrogens with one attached hydrogen (secondary N) is 1. The monoisotopic (exact) mass is 193 g/mol. The van der Waals surface area contributed by atoms with Crippen molar-refractivity contribution in [1.29, 1.82) is 0 Å². The van der Waals surface area contributed by atoms with E-state index >= 15 is 0 Å². The van der Waals surface area contributed by atoms with E-state index < -0.39 is 7.12 Å². The molecule has 1 aromatic carbocycles. The van der Waals surface area contributed by atoms with E-state index in [1.165, 1.54) is 6.92 Å². The molecule has 1 amide bonds. The van der Waals surface area contributed by atoms with Crippen LogP contribution in [-0.4, -0.2) is 23.1 Å². The third-order valence-electron chi connectivity index (χ3n) is 1.82. The van der Waals surface area contributed by atoms with E-state index in [1.54, 1.807) is 24.3 Å². The normalized spacial score (nSPS) is 9.64. The summed E-state index contributed by atoms with van der Waals surface area (Å²) in [5.41, 5.74) is 1.36. The van der Waals surface area contributed by atoms with E-state index in [0.717, 1.165) is 5.56 Å². The highest BCUT2D eigenvalue weighted by atomic mass is 16.4. The maximum absolute atomic E-state index is 10.6. The minimum absolute atomic E-state index is 0.0868. The van der Waals surface area contributed by atoms with Gasteiger partial charge in [0.05, 0.1) is 0 Å². The Bertz CT molecular complexity index is 310. The molecule has 0 aliphatic heterocycles. The van der Waals surface area contributed by atoms with Gasteiger partial charge in [0, 0.05) is 13.5 Å². The van der Waals surface area contributed by atoms with Crippen molar-refractivity contribution >= 4 is 18.5 Å². The Balaban J connectivity index is 2.59. The number of benzene rings is 1. The zero-order valence-corrected chi connectivity index (χ0v) is 7.90. The van der Waals surface area contributed by atoms with Crippen molar-refractivity contribution in [3.05, 3.63) is 29.8 Å². The van der Waals surface area contributed by atoms with Gasteiger partial charge < -0.3 is 15.4 Å². The number of rotatable bonds is 3. The molecular weight excluding hydrogens is 181 g/mol. The Hall–Kier alpha value is -1.33. The van der Waals surface area contributed by atoms with Crippen molar-refractivity contribution in [2.45, 2.75) is 13.5 Å². The van der Waals surface area contributed by atoms with E-state index in [0.29, 0.717) is 12.0 Å². The summed E-state index contributed by atoms with van der Waals surface area (Å²) >= 11 is 0. The van der Waals surface area contributed by atoms with Crippen LogP contribution in [0.3, 0.4) is 0 Å². The van der Waals surface area contributed by atoms with Crippen molar-refractivity contribution in [3.63, 3.8) is 0 Å². The van der Waals surface area contributed by atoms with Gasteiger partial charge in [0.2, 0.25) is 5.91 Å². The van der Waals surface area contributed by atoms with E-state index in [2.05, 4.69) is 5.32 Å². The van der Waals surface area contributed by atoms with E-state index in [4.69, 9.17) is 10.0 Å². The molecule has 14 heavy (non-hydrogen) atoms. The van der Waals surface area contributed by atoms with Crippen LogP contribution in [0.4, 0.5) is 0 Å². The van der Waals surface area contributed by atoms with Crippen molar-refractivity contribution in [1.82, 2.24) is 5.32 Å². The van der Waals surface area contributed by atoms with Crippen LogP contribution < -0.4 is 10.8 Å². The molecule has 1 aromatic rings. The second-order valence-electron chi connectivity index (χ2n) is 3.02. The number of hydrogen-bond donors (Lipinski definition) is 3. The number of carbonyl (C=O) groups excluding carboxylic acids is 1. The molecule has 0 atom stereocenters. The molecule has 0 unspecified atom stereocenters. The van der Waals surface area contributed by atoms with Gasteiger partial charge in [0.1, 0.15) is 0 Å². The molecule has 3 N–H and O–H groups in total. The van der Waals surface area contributed by atoms with Crippen molar-refractivity contribution < 1.29 is 14.8 Å². The van der Waals surface area contributed by atoms with Gasteiger partial charge in [-0.25, -0.2) is 0 Å². The highest BCUT2D eigenvalue weighted by Gasteiger charge is 2.09. The van der Waals surface area contributed by atoms with Crippen LogP contribution in [0.2, 0.25) is 0 Å². The molecule has 0 heterocycles. The summed E-state index contributed by atoms with van der Waals surface area (Å²) in [6, 6.07) is 6.71. The Morgan fingerprint density at radius 3 is 2.36 bits per heavy atom. The van der Waals surface area contributed by atoms with E-state index in [-0.39, 0.29) is 5.91 Å². The van der Waals surface area contributed by atoms with Crippen LogP contribution in [0.15, 0.2) is 24.3 Å². The van der Waals surface area contributed by atoms with Gasteiger partial charge in [-0.15, -0.1) is 0 Å². The van der Waals surface area contributed by atoms with Gasteiger partial charge in [-0.05, 0) is 11.0 Å². The smallest absolute Gasteiger partial charge is 0.423 e. The lowest BCUT2D eigenvalue weighted by atomic mass is 9.80. The molecule has 0 saturated heterocycles. The first kappa shape index (κ1) is 10.8. The molecule has 74 valence electrons. The molecule has 0 bridgehead atoms. The summed E-state index contributed by atoms with van der Waals surface area (Å²) in [6.45, 7) is 1.91. The molecule has 0 aliphatic carbocycles. The Morgan fingerprint density at radius 2 is 1.93 bits per heavy atom.